The van der Waals surface area contributed by atoms with Gasteiger partial charge < -0.3 is 4.74 Å². The number of ether oxygens (including phenoxy) is 1. The number of methoxy groups -OCH3 is 1. The number of hydrogen-bond donors (Lipinski definition) is 1. The lowest BCUT2D eigenvalue weighted by molar-refractivity contribution is 0.415. The Morgan fingerprint density at radius 1 is 1.10 bits per heavy atom. The molecule has 4 nitrogen and oxygen atoms in total. The Morgan fingerprint density at radius 2 is 1.80 bits per heavy atom. The number of rotatable bonds is 5. The summed E-state index contributed by atoms with van der Waals surface area (Å²) in [6.45, 7) is 0. The lowest BCUT2D eigenvalue weighted by Crippen LogP contribution is -2.12. The van der Waals surface area contributed by atoms with Crippen LogP contribution in [0.15, 0.2) is 58.3 Å². The fraction of sp³-hybridized carbons (Fsp3) is 0.143. The molecule has 1 N–H and O–H groups in total. The fourth-order valence-corrected chi connectivity index (χ4v) is 3.11. The zero-order valence-electron chi connectivity index (χ0n) is 11.2. The maximum Gasteiger partial charge on any atom is 0.261 e. The van der Waals surface area contributed by atoms with Crippen LogP contribution >= 0.6 is 11.8 Å². The molecule has 0 radical (unpaired) electrons. The number of benzene rings is 2. The summed E-state index contributed by atoms with van der Waals surface area (Å²) in [6.07, 6.45) is 1.94. The summed E-state index contributed by atoms with van der Waals surface area (Å²) in [5.41, 5.74) is 0.471. The van der Waals surface area contributed by atoms with Gasteiger partial charge >= 0.3 is 0 Å². The zero-order valence-corrected chi connectivity index (χ0v) is 12.8. The summed E-state index contributed by atoms with van der Waals surface area (Å²) in [4.78, 5) is 1.25. The van der Waals surface area contributed by atoms with Crippen molar-refractivity contribution in [3.63, 3.8) is 0 Å². The Bertz CT molecular complexity index is 682. The van der Waals surface area contributed by atoms with Crippen LogP contribution in [0.1, 0.15) is 0 Å². The van der Waals surface area contributed by atoms with Crippen molar-refractivity contribution in [2.45, 2.75) is 9.79 Å². The van der Waals surface area contributed by atoms with Crippen molar-refractivity contribution in [1.82, 2.24) is 0 Å². The van der Waals surface area contributed by atoms with E-state index in [1.165, 1.54) is 7.11 Å². The smallest absolute Gasteiger partial charge is 0.261 e. The molecule has 0 fully saturated rings. The number of thioether (sulfide) groups is 1. The van der Waals surface area contributed by atoms with Crippen LogP contribution in [0.3, 0.4) is 0 Å². The molecule has 2 rings (SSSR count). The summed E-state index contributed by atoms with van der Waals surface area (Å²) in [6, 6.07) is 13.5. The van der Waals surface area contributed by atoms with Crippen LogP contribution in [0, 0.1) is 0 Å². The topological polar surface area (TPSA) is 55.4 Å². The van der Waals surface area contributed by atoms with E-state index in [-0.39, 0.29) is 4.90 Å². The quantitative estimate of drug-likeness (QED) is 0.862. The van der Waals surface area contributed by atoms with Crippen LogP contribution in [0.2, 0.25) is 0 Å². The number of nitrogens with one attached hydrogen (secondary N) is 1. The summed E-state index contributed by atoms with van der Waals surface area (Å²) in [5, 5.41) is 0. The minimum absolute atomic E-state index is 0.234. The molecule has 106 valence electrons. The maximum absolute atomic E-state index is 12.2. The molecular weight excluding hydrogens is 294 g/mol. The van der Waals surface area contributed by atoms with Crippen LogP contribution in [0.5, 0.6) is 5.75 Å². The third-order valence-corrected chi connectivity index (χ3v) is 4.83. The molecule has 0 aromatic heterocycles. The number of sulfonamides is 1. The Morgan fingerprint density at radius 3 is 2.40 bits per heavy atom. The van der Waals surface area contributed by atoms with E-state index >= 15 is 0 Å². The standard InChI is InChI=1S/C14H15NO3S2/c1-18-12-5-3-4-11(10-12)15-20(16,17)14-8-6-13(19-2)7-9-14/h3-10,15H,1-2H3. The predicted molar refractivity (Wildman–Crippen MR) is 82.0 cm³/mol. The molecule has 0 spiro atoms. The monoisotopic (exact) mass is 309 g/mol. The van der Waals surface area contributed by atoms with Crippen molar-refractivity contribution in [3.05, 3.63) is 48.5 Å². The molecule has 0 atom stereocenters. The average molecular weight is 309 g/mol. The van der Waals surface area contributed by atoms with Gasteiger partial charge in [0.1, 0.15) is 5.75 Å². The van der Waals surface area contributed by atoms with E-state index in [1.54, 1.807) is 60.3 Å². The van der Waals surface area contributed by atoms with Crippen molar-refractivity contribution in [3.8, 4) is 5.75 Å². The molecular formula is C14H15NO3S2. The highest BCUT2D eigenvalue weighted by atomic mass is 32.2. The Kier molecular flexibility index (Phi) is 4.57. The molecule has 20 heavy (non-hydrogen) atoms. The first-order valence-electron chi connectivity index (χ1n) is 5.86. The molecule has 0 saturated carbocycles. The lowest BCUT2D eigenvalue weighted by Gasteiger charge is -2.09. The summed E-state index contributed by atoms with van der Waals surface area (Å²) >= 11 is 1.57. The molecule has 0 amide bonds. The van der Waals surface area contributed by atoms with E-state index in [1.807, 2.05) is 6.26 Å². The fourth-order valence-electron chi connectivity index (χ4n) is 1.66. The van der Waals surface area contributed by atoms with Crippen molar-refractivity contribution >= 4 is 27.5 Å². The molecule has 6 heteroatoms. The number of hydrogen-bond acceptors (Lipinski definition) is 4. The number of anilines is 1. The molecule has 2 aromatic rings. The van der Waals surface area contributed by atoms with Gasteiger partial charge in [0.15, 0.2) is 0 Å². The van der Waals surface area contributed by atoms with Crippen molar-refractivity contribution in [2.24, 2.45) is 0 Å². The summed E-state index contributed by atoms with van der Waals surface area (Å²) < 4.78 is 32.1. The highest BCUT2D eigenvalue weighted by molar-refractivity contribution is 7.98. The minimum Gasteiger partial charge on any atom is -0.497 e. The van der Waals surface area contributed by atoms with E-state index in [9.17, 15) is 8.42 Å². The maximum atomic E-state index is 12.2. The molecule has 2 aromatic carbocycles. The molecule has 0 aliphatic carbocycles. The van der Waals surface area contributed by atoms with Crippen molar-refractivity contribution in [1.29, 1.82) is 0 Å². The predicted octanol–water partition coefficient (Wildman–Crippen LogP) is 3.22. The van der Waals surface area contributed by atoms with Gasteiger partial charge in [-0.1, -0.05) is 6.07 Å². The van der Waals surface area contributed by atoms with E-state index in [0.29, 0.717) is 11.4 Å². The van der Waals surface area contributed by atoms with Crippen LogP contribution in [-0.2, 0) is 10.0 Å². The normalized spacial score (nSPS) is 11.1. The van der Waals surface area contributed by atoms with E-state index in [0.717, 1.165) is 4.90 Å². The van der Waals surface area contributed by atoms with Gasteiger partial charge in [0, 0.05) is 11.0 Å². The third kappa shape index (κ3) is 3.46. The second-order valence-electron chi connectivity index (χ2n) is 4.01. The average Bonchev–Trinajstić information content (AvgIpc) is 2.47. The first-order valence-corrected chi connectivity index (χ1v) is 8.57. The Balaban J connectivity index is 2.25. The van der Waals surface area contributed by atoms with Gasteiger partial charge in [-0.2, -0.15) is 0 Å². The highest BCUT2D eigenvalue weighted by Crippen LogP contribution is 2.22. The van der Waals surface area contributed by atoms with E-state index in [4.69, 9.17) is 4.74 Å². The third-order valence-electron chi connectivity index (χ3n) is 2.69. The minimum atomic E-state index is -3.58. The molecule has 0 aliphatic heterocycles. The van der Waals surface area contributed by atoms with Gasteiger partial charge in [-0.25, -0.2) is 8.42 Å². The second kappa shape index (κ2) is 6.19. The van der Waals surface area contributed by atoms with Gasteiger partial charge in [-0.15, -0.1) is 11.8 Å². The van der Waals surface area contributed by atoms with Gasteiger partial charge in [-0.3, -0.25) is 4.72 Å². The first-order chi connectivity index (χ1) is 9.55. The molecule has 0 bridgehead atoms. The molecule has 0 saturated heterocycles. The van der Waals surface area contributed by atoms with Crippen LogP contribution in [-0.4, -0.2) is 21.8 Å². The first kappa shape index (κ1) is 14.7. The largest absolute Gasteiger partial charge is 0.497 e. The molecule has 0 aliphatic rings. The van der Waals surface area contributed by atoms with Crippen molar-refractivity contribution < 1.29 is 13.2 Å². The highest BCUT2D eigenvalue weighted by Gasteiger charge is 2.14. The van der Waals surface area contributed by atoms with E-state index < -0.39 is 10.0 Å². The summed E-state index contributed by atoms with van der Waals surface area (Å²) in [5.74, 6) is 0.600. The van der Waals surface area contributed by atoms with Crippen molar-refractivity contribution in [2.75, 3.05) is 18.1 Å². The van der Waals surface area contributed by atoms with Crippen LogP contribution in [0.25, 0.3) is 0 Å². The molecule has 0 unspecified atom stereocenters. The van der Waals surface area contributed by atoms with Crippen LogP contribution in [0.4, 0.5) is 5.69 Å². The molecule has 0 heterocycles. The Labute approximate surface area is 123 Å². The van der Waals surface area contributed by atoms with Crippen LogP contribution < -0.4 is 9.46 Å². The van der Waals surface area contributed by atoms with Gasteiger partial charge in [-0.05, 0) is 42.7 Å². The van der Waals surface area contributed by atoms with E-state index in [2.05, 4.69) is 4.72 Å². The SMILES string of the molecule is COc1cccc(NS(=O)(=O)c2ccc(SC)cc2)c1. The van der Waals surface area contributed by atoms with Gasteiger partial charge in [0.05, 0.1) is 17.7 Å². The van der Waals surface area contributed by atoms with Gasteiger partial charge in [0.25, 0.3) is 10.0 Å². The zero-order chi connectivity index (χ0) is 14.6. The Hall–Kier alpha value is -1.66. The summed E-state index contributed by atoms with van der Waals surface area (Å²) in [7, 11) is -2.04. The second-order valence-corrected chi connectivity index (χ2v) is 6.58. The lowest BCUT2D eigenvalue weighted by atomic mass is 10.3. The van der Waals surface area contributed by atoms with Gasteiger partial charge in [0.2, 0.25) is 0 Å².